The highest BCUT2D eigenvalue weighted by Gasteiger charge is 2.41. The molecule has 68 heavy (non-hydrogen) atoms. The minimum atomic E-state index is -0.546. The van der Waals surface area contributed by atoms with E-state index >= 15 is 0 Å². The van der Waals surface area contributed by atoms with Crippen LogP contribution in [-0.2, 0) is 29.8 Å². The number of aromatic nitrogens is 4. The van der Waals surface area contributed by atoms with E-state index < -0.39 is 11.2 Å². The molecule has 0 saturated carbocycles. The molecule has 2 fully saturated rings. The van der Waals surface area contributed by atoms with E-state index in [9.17, 15) is 18.4 Å². The molecular weight excluding hydrogens is 914 g/mol. The van der Waals surface area contributed by atoms with Gasteiger partial charge in [0.1, 0.15) is 22.8 Å². The van der Waals surface area contributed by atoms with Crippen molar-refractivity contribution < 1.29 is 37.3 Å². The summed E-state index contributed by atoms with van der Waals surface area (Å²) < 4.78 is 51.3. The average Bonchev–Trinajstić information content (AvgIpc) is 3.97. The number of amides is 2. The SMILES string of the molecule is C[C@@H](OCC1(c2ccc(F)cc2)CCN(C(=O)OC(C)(C)C)CC1)c1cc(Cl)cc2cn[nH]c12.C[C@H](OCC1(c2ccc(F)cc2)CCN(C(=O)OC(C)(C)C)CC1)c1cc(Cl)cc2cn[nH]c12. The zero-order valence-electron chi connectivity index (χ0n) is 40.1. The molecule has 4 heterocycles. The summed E-state index contributed by atoms with van der Waals surface area (Å²) in [7, 11) is 0. The van der Waals surface area contributed by atoms with Gasteiger partial charge in [-0.1, -0.05) is 47.5 Å². The molecule has 2 N–H and O–H groups in total. The Morgan fingerprint density at radius 2 is 0.956 bits per heavy atom. The number of H-pyrrole nitrogens is 2. The second-order valence-electron chi connectivity index (χ2n) is 20.1. The largest absolute Gasteiger partial charge is 0.444 e. The second kappa shape index (κ2) is 20.8. The number of carbonyl (C=O) groups is 2. The van der Waals surface area contributed by atoms with Crippen LogP contribution in [0.1, 0.15) is 116 Å². The number of nitrogens with one attached hydrogen (secondary N) is 2. The van der Waals surface area contributed by atoms with E-state index in [1.807, 2.05) is 104 Å². The van der Waals surface area contributed by atoms with E-state index in [4.69, 9.17) is 42.1 Å². The van der Waals surface area contributed by atoms with Crippen molar-refractivity contribution in [2.24, 2.45) is 0 Å². The maximum atomic E-state index is 13.7. The van der Waals surface area contributed by atoms with Crippen molar-refractivity contribution in [2.75, 3.05) is 39.4 Å². The standard InChI is InChI=1S/2C26H31ClFN3O3/c2*1-17(22-14-20(27)13-18-15-29-30-23(18)22)33-16-26(19-5-7-21(28)8-6-19)9-11-31(12-10-26)24(32)34-25(2,3)4/h2*5-8,13-15,17H,9-12,16H2,1-4H3,(H,29,30)/t2*17-/m10/s1. The van der Waals surface area contributed by atoms with Gasteiger partial charge in [0.15, 0.2) is 0 Å². The van der Waals surface area contributed by atoms with Crippen LogP contribution in [0.5, 0.6) is 0 Å². The summed E-state index contributed by atoms with van der Waals surface area (Å²) in [5.41, 5.74) is 3.86. The lowest BCUT2D eigenvalue weighted by Crippen LogP contribution is -2.48. The van der Waals surface area contributed by atoms with Crippen molar-refractivity contribution in [3.8, 4) is 0 Å². The van der Waals surface area contributed by atoms with Crippen molar-refractivity contribution in [2.45, 2.75) is 115 Å². The first-order valence-corrected chi connectivity index (χ1v) is 23.8. The zero-order chi connectivity index (χ0) is 49.0. The highest BCUT2D eigenvalue weighted by atomic mass is 35.5. The van der Waals surface area contributed by atoms with Gasteiger partial charge in [0.05, 0.1) is 48.8 Å². The molecule has 364 valence electrons. The van der Waals surface area contributed by atoms with Crippen LogP contribution in [0.25, 0.3) is 21.8 Å². The maximum Gasteiger partial charge on any atom is 0.410 e. The summed E-state index contributed by atoms with van der Waals surface area (Å²) in [4.78, 5) is 28.7. The number of likely N-dealkylation sites (tertiary alicyclic amines) is 2. The topological polar surface area (TPSA) is 135 Å². The Morgan fingerprint density at radius 1 is 0.618 bits per heavy atom. The van der Waals surface area contributed by atoms with Gasteiger partial charge in [-0.3, -0.25) is 10.2 Å². The number of aromatic amines is 2. The Hall–Kier alpha value is -5.28. The lowest BCUT2D eigenvalue weighted by Gasteiger charge is -2.42. The number of hydrogen-bond donors (Lipinski definition) is 2. The number of rotatable bonds is 10. The minimum absolute atomic E-state index is 0.247. The quantitative estimate of drug-likeness (QED) is 0.139. The molecule has 12 nitrogen and oxygen atoms in total. The van der Waals surface area contributed by atoms with Gasteiger partial charge < -0.3 is 28.7 Å². The van der Waals surface area contributed by atoms with Crippen LogP contribution in [-0.4, -0.2) is 93.0 Å². The van der Waals surface area contributed by atoms with E-state index in [-0.39, 0.29) is 46.9 Å². The molecule has 2 aliphatic rings. The van der Waals surface area contributed by atoms with E-state index in [2.05, 4.69) is 20.4 Å². The highest BCUT2D eigenvalue weighted by Crippen LogP contribution is 2.41. The van der Waals surface area contributed by atoms with Crippen LogP contribution < -0.4 is 0 Å². The molecule has 2 amide bonds. The molecule has 6 aromatic rings. The predicted molar refractivity (Wildman–Crippen MR) is 261 cm³/mol. The second-order valence-corrected chi connectivity index (χ2v) is 20.9. The van der Waals surface area contributed by atoms with Gasteiger partial charge in [-0.2, -0.15) is 10.2 Å². The number of nitrogens with zero attached hydrogens (tertiary/aromatic N) is 4. The Labute approximate surface area is 406 Å². The number of fused-ring (bicyclic) bond motifs is 2. The first-order chi connectivity index (χ1) is 32.1. The Balaban J connectivity index is 0.000000201. The smallest absolute Gasteiger partial charge is 0.410 e. The van der Waals surface area contributed by atoms with E-state index in [1.165, 1.54) is 24.3 Å². The van der Waals surface area contributed by atoms with Crippen LogP contribution in [0.3, 0.4) is 0 Å². The zero-order valence-corrected chi connectivity index (χ0v) is 41.6. The van der Waals surface area contributed by atoms with Gasteiger partial charge in [0, 0.05) is 69.0 Å². The summed E-state index contributed by atoms with van der Waals surface area (Å²) in [6, 6.07) is 20.7. The molecule has 2 aliphatic heterocycles. The number of piperidine rings is 2. The Bertz CT molecular complexity index is 2480. The van der Waals surface area contributed by atoms with Crippen LogP contribution >= 0.6 is 23.2 Å². The summed E-state index contributed by atoms with van der Waals surface area (Å²) in [6.45, 7) is 18.1. The van der Waals surface area contributed by atoms with Gasteiger partial charge in [0.25, 0.3) is 0 Å². The number of benzene rings is 4. The molecule has 2 atom stereocenters. The van der Waals surface area contributed by atoms with Crippen molar-refractivity contribution in [1.29, 1.82) is 0 Å². The number of halogens is 4. The molecule has 4 aromatic carbocycles. The molecule has 0 unspecified atom stereocenters. The fourth-order valence-corrected chi connectivity index (χ4v) is 9.48. The van der Waals surface area contributed by atoms with Crippen LogP contribution in [0.15, 0.2) is 85.2 Å². The van der Waals surface area contributed by atoms with Crippen molar-refractivity contribution in [3.63, 3.8) is 0 Å². The fourth-order valence-electron chi connectivity index (χ4n) is 9.01. The summed E-state index contributed by atoms with van der Waals surface area (Å²) in [5, 5.41) is 17.4. The molecule has 2 aromatic heterocycles. The van der Waals surface area contributed by atoms with Gasteiger partial charge in [0.2, 0.25) is 0 Å². The number of carbonyl (C=O) groups excluding carboxylic acids is 2. The molecular formula is C52H62Cl2F2N6O6. The first kappa shape index (κ1) is 50.6. The molecule has 2 saturated heterocycles. The summed E-state index contributed by atoms with van der Waals surface area (Å²) >= 11 is 12.6. The Morgan fingerprint density at radius 3 is 1.28 bits per heavy atom. The molecule has 8 rings (SSSR count). The molecule has 0 bridgehead atoms. The molecule has 0 spiro atoms. The minimum Gasteiger partial charge on any atom is -0.444 e. The lowest BCUT2D eigenvalue weighted by molar-refractivity contribution is -0.00958. The highest BCUT2D eigenvalue weighted by molar-refractivity contribution is 6.31. The van der Waals surface area contributed by atoms with Crippen LogP contribution in [0.4, 0.5) is 18.4 Å². The van der Waals surface area contributed by atoms with Gasteiger partial charge in [-0.05, 0) is 141 Å². The number of ether oxygens (including phenoxy) is 4. The van der Waals surface area contributed by atoms with Crippen LogP contribution in [0.2, 0.25) is 10.0 Å². The van der Waals surface area contributed by atoms with E-state index in [0.29, 0.717) is 75.1 Å². The van der Waals surface area contributed by atoms with Crippen molar-refractivity contribution >= 4 is 57.2 Å². The normalized spacial score (nSPS) is 17.1. The fraction of sp³-hybridized carbons (Fsp3) is 0.462. The number of hydrogen-bond acceptors (Lipinski definition) is 8. The van der Waals surface area contributed by atoms with Gasteiger partial charge in [-0.25, -0.2) is 18.4 Å². The predicted octanol–water partition coefficient (Wildman–Crippen LogP) is 12.8. The monoisotopic (exact) mass is 974 g/mol. The average molecular weight is 976 g/mol. The third kappa shape index (κ3) is 12.3. The van der Waals surface area contributed by atoms with Crippen molar-refractivity contribution in [3.05, 3.63) is 129 Å². The van der Waals surface area contributed by atoms with Crippen LogP contribution in [0, 0.1) is 11.6 Å². The lowest BCUT2D eigenvalue weighted by atomic mass is 9.73. The van der Waals surface area contributed by atoms with E-state index in [1.54, 1.807) is 22.2 Å². The Kier molecular flexibility index (Phi) is 15.4. The summed E-state index contributed by atoms with van der Waals surface area (Å²) in [5.74, 6) is -0.556. The van der Waals surface area contributed by atoms with Crippen molar-refractivity contribution in [1.82, 2.24) is 30.2 Å². The first-order valence-electron chi connectivity index (χ1n) is 23.1. The van der Waals surface area contributed by atoms with E-state index in [0.717, 1.165) is 44.1 Å². The van der Waals surface area contributed by atoms with Gasteiger partial charge in [-0.15, -0.1) is 0 Å². The molecule has 0 radical (unpaired) electrons. The maximum absolute atomic E-state index is 13.7. The molecule has 16 heteroatoms. The molecule has 0 aliphatic carbocycles. The van der Waals surface area contributed by atoms with Gasteiger partial charge >= 0.3 is 12.2 Å². The third-order valence-corrected chi connectivity index (χ3v) is 13.3. The third-order valence-electron chi connectivity index (χ3n) is 12.8. The summed E-state index contributed by atoms with van der Waals surface area (Å²) in [6.07, 6.45) is 5.09.